The summed E-state index contributed by atoms with van der Waals surface area (Å²) in [6, 6.07) is 11.6. The SMILES string of the molecule is Cc1ccnc(Oc2cc(NC(=O)NCC(CO)Cc3cc(F)ccc3F)ccc2C)c1. The van der Waals surface area contributed by atoms with E-state index in [4.69, 9.17) is 4.74 Å². The summed E-state index contributed by atoms with van der Waals surface area (Å²) in [5.41, 5.74) is 2.54. The van der Waals surface area contributed by atoms with Crippen molar-refractivity contribution in [1.82, 2.24) is 10.3 Å². The van der Waals surface area contributed by atoms with Gasteiger partial charge in [-0.1, -0.05) is 6.07 Å². The molecule has 2 amide bonds. The summed E-state index contributed by atoms with van der Waals surface area (Å²) in [6.45, 7) is 3.61. The van der Waals surface area contributed by atoms with Crippen LogP contribution in [0.3, 0.4) is 0 Å². The predicted molar refractivity (Wildman–Crippen MR) is 118 cm³/mol. The Kier molecular flexibility index (Phi) is 7.72. The van der Waals surface area contributed by atoms with Gasteiger partial charge in [-0.3, -0.25) is 0 Å². The molecule has 0 spiro atoms. The van der Waals surface area contributed by atoms with Crippen molar-refractivity contribution >= 4 is 11.7 Å². The molecule has 168 valence electrons. The number of hydrogen-bond donors (Lipinski definition) is 3. The smallest absolute Gasteiger partial charge is 0.319 e. The molecule has 1 atom stereocenters. The van der Waals surface area contributed by atoms with Crippen molar-refractivity contribution in [3.05, 3.63) is 83.1 Å². The number of amides is 2. The summed E-state index contributed by atoms with van der Waals surface area (Å²) in [6.07, 6.45) is 1.75. The van der Waals surface area contributed by atoms with Crippen molar-refractivity contribution in [1.29, 1.82) is 0 Å². The highest BCUT2D eigenvalue weighted by Crippen LogP contribution is 2.27. The minimum absolute atomic E-state index is 0.0840. The lowest BCUT2D eigenvalue weighted by atomic mass is 9.99. The summed E-state index contributed by atoms with van der Waals surface area (Å²) in [7, 11) is 0. The predicted octanol–water partition coefficient (Wildman–Crippen LogP) is 4.74. The number of pyridine rings is 1. The maximum Gasteiger partial charge on any atom is 0.319 e. The van der Waals surface area contributed by atoms with E-state index in [9.17, 15) is 18.7 Å². The number of halogens is 2. The number of carbonyl (C=O) groups is 1. The number of nitrogens with one attached hydrogen (secondary N) is 2. The van der Waals surface area contributed by atoms with E-state index >= 15 is 0 Å². The quantitative estimate of drug-likeness (QED) is 0.471. The molecule has 3 rings (SSSR count). The van der Waals surface area contributed by atoms with Crippen LogP contribution in [0, 0.1) is 31.4 Å². The van der Waals surface area contributed by atoms with Crippen LogP contribution in [-0.2, 0) is 6.42 Å². The van der Waals surface area contributed by atoms with Crippen molar-refractivity contribution in [2.45, 2.75) is 20.3 Å². The Hall–Kier alpha value is -3.52. The Morgan fingerprint density at radius 1 is 1.12 bits per heavy atom. The minimum atomic E-state index is -0.554. The molecule has 0 bridgehead atoms. The second-order valence-electron chi connectivity index (χ2n) is 7.58. The van der Waals surface area contributed by atoms with Gasteiger partial charge in [-0.2, -0.15) is 0 Å². The molecule has 32 heavy (non-hydrogen) atoms. The van der Waals surface area contributed by atoms with Crippen molar-refractivity contribution in [2.24, 2.45) is 5.92 Å². The lowest BCUT2D eigenvalue weighted by Crippen LogP contribution is -2.35. The van der Waals surface area contributed by atoms with E-state index < -0.39 is 23.6 Å². The highest BCUT2D eigenvalue weighted by molar-refractivity contribution is 5.89. The van der Waals surface area contributed by atoms with Gasteiger partial charge in [0.1, 0.15) is 17.4 Å². The monoisotopic (exact) mass is 441 g/mol. The molecule has 0 saturated carbocycles. The normalized spacial score (nSPS) is 11.7. The molecule has 0 aliphatic heterocycles. The van der Waals surface area contributed by atoms with Crippen molar-refractivity contribution in [3.63, 3.8) is 0 Å². The van der Waals surface area contributed by atoms with E-state index in [1.807, 2.05) is 32.0 Å². The van der Waals surface area contributed by atoms with Crippen LogP contribution in [0.4, 0.5) is 19.3 Å². The zero-order valence-electron chi connectivity index (χ0n) is 17.9. The molecule has 1 unspecified atom stereocenters. The first-order chi connectivity index (χ1) is 15.3. The number of aliphatic hydroxyl groups is 1. The highest BCUT2D eigenvalue weighted by atomic mass is 19.1. The summed E-state index contributed by atoms with van der Waals surface area (Å²) >= 11 is 0. The first kappa shape index (κ1) is 23.1. The first-order valence-corrected chi connectivity index (χ1v) is 10.1. The molecule has 0 aliphatic carbocycles. The fraction of sp³-hybridized carbons (Fsp3) is 0.250. The van der Waals surface area contributed by atoms with Crippen LogP contribution in [0.2, 0.25) is 0 Å². The summed E-state index contributed by atoms with van der Waals surface area (Å²) in [5.74, 6) is -0.575. The molecule has 3 N–H and O–H groups in total. The maximum absolute atomic E-state index is 13.8. The van der Waals surface area contributed by atoms with Crippen molar-refractivity contribution in [3.8, 4) is 11.6 Å². The average molecular weight is 441 g/mol. The third kappa shape index (κ3) is 6.49. The number of nitrogens with zero attached hydrogens (tertiary/aromatic N) is 1. The van der Waals surface area contributed by atoms with Gasteiger partial charge >= 0.3 is 6.03 Å². The van der Waals surface area contributed by atoms with Gasteiger partial charge in [0.05, 0.1) is 0 Å². The lowest BCUT2D eigenvalue weighted by Gasteiger charge is -2.16. The number of rotatable bonds is 8. The molecule has 3 aromatic rings. The van der Waals surface area contributed by atoms with Gasteiger partial charge in [-0.25, -0.2) is 18.6 Å². The van der Waals surface area contributed by atoms with E-state index in [1.165, 1.54) is 0 Å². The molecule has 0 radical (unpaired) electrons. The van der Waals surface area contributed by atoms with Crippen molar-refractivity contribution < 1.29 is 23.4 Å². The van der Waals surface area contributed by atoms with E-state index in [2.05, 4.69) is 15.6 Å². The van der Waals surface area contributed by atoms with Crippen LogP contribution >= 0.6 is 0 Å². The van der Waals surface area contributed by atoms with E-state index in [0.717, 1.165) is 29.3 Å². The number of aliphatic hydroxyl groups excluding tert-OH is 1. The molecule has 6 nitrogen and oxygen atoms in total. The van der Waals surface area contributed by atoms with Gasteiger partial charge in [0.25, 0.3) is 0 Å². The first-order valence-electron chi connectivity index (χ1n) is 10.1. The average Bonchev–Trinajstić information content (AvgIpc) is 2.76. The Bertz CT molecular complexity index is 1090. The Labute approximate surface area is 185 Å². The molecule has 0 saturated heterocycles. The van der Waals surface area contributed by atoms with Gasteiger partial charge in [-0.15, -0.1) is 0 Å². The van der Waals surface area contributed by atoms with Crippen LogP contribution in [0.1, 0.15) is 16.7 Å². The lowest BCUT2D eigenvalue weighted by molar-refractivity contribution is 0.217. The number of ether oxygens (including phenoxy) is 1. The molecule has 1 heterocycles. The third-order valence-corrected chi connectivity index (χ3v) is 4.88. The topological polar surface area (TPSA) is 83.5 Å². The van der Waals surface area contributed by atoms with E-state index in [0.29, 0.717) is 17.3 Å². The summed E-state index contributed by atoms with van der Waals surface area (Å²) in [5, 5.41) is 14.9. The van der Waals surface area contributed by atoms with Gasteiger partial charge in [0.15, 0.2) is 0 Å². The highest BCUT2D eigenvalue weighted by Gasteiger charge is 2.14. The van der Waals surface area contributed by atoms with Gasteiger partial charge in [0, 0.05) is 43.1 Å². The summed E-state index contributed by atoms with van der Waals surface area (Å²) < 4.78 is 33.0. The molecular weight excluding hydrogens is 416 g/mol. The second-order valence-corrected chi connectivity index (χ2v) is 7.58. The number of anilines is 1. The largest absolute Gasteiger partial charge is 0.439 e. The van der Waals surface area contributed by atoms with Crippen LogP contribution in [0.15, 0.2) is 54.7 Å². The van der Waals surface area contributed by atoms with E-state index in [1.54, 1.807) is 18.3 Å². The number of aryl methyl sites for hydroxylation is 2. The van der Waals surface area contributed by atoms with Crippen LogP contribution in [0.5, 0.6) is 11.6 Å². The molecule has 0 fully saturated rings. The standard InChI is InChI=1S/C24H25F2N3O3/c1-15-7-8-27-23(9-15)32-22-12-20(5-3-16(22)2)29-24(31)28-13-17(14-30)10-18-11-19(25)4-6-21(18)26/h3-9,11-12,17,30H,10,13-14H2,1-2H3,(H2,28,29,31). The van der Waals surface area contributed by atoms with Gasteiger partial charge < -0.3 is 20.5 Å². The fourth-order valence-corrected chi connectivity index (χ4v) is 3.09. The van der Waals surface area contributed by atoms with E-state index in [-0.39, 0.29) is 25.1 Å². The third-order valence-electron chi connectivity index (χ3n) is 4.88. The number of carbonyl (C=O) groups excluding carboxylic acids is 1. The Morgan fingerprint density at radius 2 is 1.94 bits per heavy atom. The number of hydrogen-bond acceptors (Lipinski definition) is 4. The Balaban J connectivity index is 1.58. The Morgan fingerprint density at radius 3 is 2.69 bits per heavy atom. The zero-order chi connectivity index (χ0) is 23.1. The van der Waals surface area contributed by atoms with Crippen LogP contribution in [0.25, 0.3) is 0 Å². The number of aromatic nitrogens is 1. The number of urea groups is 1. The second kappa shape index (κ2) is 10.7. The van der Waals surface area contributed by atoms with Gasteiger partial charge in [-0.05, 0) is 67.3 Å². The van der Waals surface area contributed by atoms with Crippen LogP contribution < -0.4 is 15.4 Å². The zero-order valence-corrected chi connectivity index (χ0v) is 17.9. The fourth-order valence-electron chi connectivity index (χ4n) is 3.09. The summed E-state index contributed by atoms with van der Waals surface area (Å²) in [4.78, 5) is 16.5. The van der Waals surface area contributed by atoms with Crippen LogP contribution in [-0.4, -0.2) is 29.3 Å². The molecule has 8 heteroatoms. The van der Waals surface area contributed by atoms with Gasteiger partial charge in [0.2, 0.25) is 5.88 Å². The number of benzene rings is 2. The molecule has 0 aliphatic rings. The maximum atomic E-state index is 13.8. The molecule has 1 aromatic heterocycles. The minimum Gasteiger partial charge on any atom is -0.439 e. The molecular formula is C24H25F2N3O3. The molecule has 2 aromatic carbocycles. The van der Waals surface area contributed by atoms with Crippen molar-refractivity contribution in [2.75, 3.05) is 18.5 Å².